The molecule has 1 heteroatoms. The van der Waals surface area contributed by atoms with Crippen LogP contribution < -0.4 is 0 Å². The Bertz CT molecular complexity index is 410. The predicted molar refractivity (Wildman–Crippen MR) is 73.8 cm³/mol. The molecule has 2 rings (SSSR count). The Morgan fingerprint density at radius 3 is 2.44 bits per heavy atom. The van der Waals surface area contributed by atoms with Gasteiger partial charge < -0.3 is 0 Å². The summed E-state index contributed by atoms with van der Waals surface area (Å²) < 4.78 is 1.21. The summed E-state index contributed by atoms with van der Waals surface area (Å²) in [5.41, 5.74) is 3.80. The van der Waals surface area contributed by atoms with Crippen molar-refractivity contribution in [3.63, 3.8) is 0 Å². The average molecular weight is 281 g/mol. The fraction of sp³-hybridized carbons (Fsp3) is 0.600. The van der Waals surface area contributed by atoms with Crippen molar-refractivity contribution in [1.29, 1.82) is 0 Å². The second-order valence-electron chi connectivity index (χ2n) is 6.81. The van der Waals surface area contributed by atoms with Gasteiger partial charge in [0.2, 0.25) is 0 Å². The second-order valence-corrected chi connectivity index (χ2v) is 7.72. The first-order valence-electron chi connectivity index (χ1n) is 6.00. The maximum Gasteiger partial charge on any atom is 0.0178 e. The monoisotopic (exact) mass is 280 g/mol. The molecule has 0 heterocycles. The average Bonchev–Trinajstić information content (AvgIpc) is 2.32. The Kier molecular flexibility index (Phi) is 2.73. The van der Waals surface area contributed by atoms with Crippen LogP contribution in [0.5, 0.6) is 0 Å². The van der Waals surface area contributed by atoms with E-state index in [1.54, 1.807) is 5.56 Å². The van der Waals surface area contributed by atoms with E-state index in [9.17, 15) is 0 Å². The molecule has 1 atom stereocenters. The maximum absolute atomic E-state index is 3.57. The van der Waals surface area contributed by atoms with Crippen LogP contribution in [0.2, 0.25) is 0 Å². The molecule has 1 aliphatic rings. The summed E-state index contributed by atoms with van der Waals surface area (Å²) in [6.45, 7) is 11.9. The minimum absolute atomic E-state index is 0.336. The molecule has 0 N–H and O–H groups in total. The molecule has 1 aromatic rings. The number of halogens is 1. The van der Waals surface area contributed by atoms with Crippen LogP contribution in [-0.4, -0.2) is 0 Å². The van der Waals surface area contributed by atoms with E-state index in [2.05, 4.69) is 68.7 Å². The van der Waals surface area contributed by atoms with Crippen molar-refractivity contribution < 1.29 is 0 Å². The molecule has 1 aliphatic carbocycles. The summed E-state index contributed by atoms with van der Waals surface area (Å²) in [7, 11) is 0. The number of hydrogen-bond acceptors (Lipinski definition) is 0. The van der Waals surface area contributed by atoms with E-state index in [4.69, 9.17) is 0 Å². The lowest BCUT2D eigenvalue weighted by Gasteiger charge is -2.38. The van der Waals surface area contributed by atoms with E-state index >= 15 is 0 Å². The van der Waals surface area contributed by atoms with Gasteiger partial charge in [0.1, 0.15) is 0 Å². The summed E-state index contributed by atoms with van der Waals surface area (Å²) in [4.78, 5) is 0. The van der Waals surface area contributed by atoms with Crippen LogP contribution in [0.25, 0.3) is 0 Å². The van der Waals surface area contributed by atoms with Crippen molar-refractivity contribution in [2.75, 3.05) is 0 Å². The highest BCUT2D eigenvalue weighted by Crippen LogP contribution is 2.55. The minimum atomic E-state index is 0.336. The molecule has 1 aromatic carbocycles. The lowest BCUT2D eigenvalue weighted by molar-refractivity contribution is 0.178. The zero-order valence-corrected chi connectivity index (χ0v) is 12.5. The zero-order chi connectivity index (χ0) is 12.1. The second kappa shape index (κ2) is 3.60. The van der Waals surface area contributed by atoms with Crippen LogP contribution in [-0.2, 0) is 6.42 Å². The van der Waals surface area contributed by atoms with Gasteiger partial charge in [-0.3, -0.25) is 0 Å². The predicted octanol–water partition coefficient (Wildman–Crippen LogP) is 5.16. The Morgan fingerprint density at radius 2 is 1.88 bits per heavy atom. The van der Waals surface area contributed by atoms with Crippen LogP contribution in [0.3, 0.4) is 0 Å². The quantitative estimate of drug-likeness (QED) is 0.616. The molecular weight excluding hydrogens is 260 g/mol. The van der Waals surface area contributed by atoms with Gasteiger partial charge in [-0.25, -0.2) is 0 Å². The van der Waals surface area contributed by atoms with Gasteiger partial charge >= 0.3 is 0 Å². The van der Waals surface area contributed by atoms with E-state index in [-0.39, 0.29) is 0 Å². The van der Waals surface area contributed by atoms with Gasteiger partial charge in [0, 0.05) is 4.47 Å². The fourth-order valence-electron chi connectivity index (χ4n) is 3.66. The summed E-state index contributed by atoms with van der Waals surface area (Å²) in [5.74, 6) is 0.656. The van der Waals surface area contributed by atoms with Crippen molar-refractivity contribution in [2.24, 2.45) is 10.8 Å². The lowest BCUT2D eigenvalue weighted by Crippen LogP contribution is -2.29. The van der Waals surface area contributed by atoms with E-state index in [0.29, 0.717) is 16.7 Å². The van der Waals surface area contributed by atoms with E-state index in [1.807, 2.05) is 0 Å². The molecule has 0 radical (unpaired) electrons. The highest BCUT2D eigenvalue weighted by Gasteiger charge is 2.44. The highest BCUT2D eigenvalue weighted by atomic mass is 79.9. The van der Waals surface area contributed by atoms with Crippen LogP contribution in [0.1, 0.15) is 51.7 Å². The molecule has 0 amide bonds. The van der Waals surface area contributed by atoms with E-state index < -0.39 is 0 Å². The number of hydrogen-bond donors (Lipinski definition) is 0. The van der Waals surface area contributed by atoms with Crippen molar-refractivity contribution in [1.82, 2.24) is 0 Å². The van der Waals surface area contributed by atoms with Crippen molar-refractivity contribution >= 4 is 15.9 Å². The van der Waals surface area contributed by atoms with Gasteiger partial charge in [0.05, 0.1) is 0 Å². The van der Waals surface area contributed by atoms with Crippen LogP contribution >= 0.6 is 15.9 Å². The maximum atomic E-state index is 3.57. The molecule has 0 fully saturated rings. The largest absolute Gasteiger partial charge is 0.0596 e. The molecular formula is C15H21Br. The molecule has 88 valence electrons. The summed E-state index contributed by atoms with van der Waals surface area (Å²) in [6, 6.07) is 6.78. The molecule has 0 bridgehead atoms. The van der Waals surface area contributed by atoms with Crippen molar-refractivity contribution in [2.45, 2.75) is 47.0 Å². The van der Waals surface area contributed by atoms with Gasteiger partial charge in [0.15, 0.2) is 0 Å². The molecule has 0 saturated heterocycles. The Labute approximate surface area is 108 Å². The van der Waals surface area contributed by atoms with Gasteiger partial charge in [-0.2, -0.15) is 0 Å². The fourth-order valence-corrected chi connectivity index (χ4v) is 4.07. The molecule has 0 spiro atoms. The zero-order valence-electron chi connectivity index (χ0n) is 10.9. The molecule has 0 nitrogen and oxygen atoms in total. The van der Waals surface area contributed by atoms with E-state index in [1.165, 1.54) is 16.5 Å². The molecule has 0 aromatic heterocycles. The standard InChI is InChI=1S/C15H21Br/c1-14(2,3)13-12-7-6-11(16)8-10(12)9-15(13,4)5/h6-8,13H,9H2,1-5H3. The van der Waals surface area contributed by atoms with Crippen molar-refractivity contribution in [3.05, 3.63) is 33.8 Å². The molecule has 1 unspecified atom stereocenters. The SMILES string of the molecule is CC(C)(C)C1c2ccc(Br)cc2CC1(C)C. The van der Waals surface area contributed by atoms with Gasteiger partial charge in [0.25, 0.3) is 0 Å². The smallest absolute Gasteiger partial charge is 0.0178 e. The van der Waals surface area contributed by atoms with Crippen LogP contribution in [0.4, 0.5) is 0 Å². The molecule has 0 saturated carbocycles. The summed E-state index contributed by atoms with van der Waals surface area (Å²) >= 11 is 3.57. The van der Waals surface area contributed by atoms with Gasteiger partial charge in [-0.1, -0.05) is 56.6 Å². The first-order valence-corrected chi connectivity index (χ1v) is 6.79. The number of rotatable bonds is 0. The number of fused-ring (bicyclic) bond motifs is 1. The van der Waals surface area contributed by atoms with E-state index in [0.717, 1.165) is 0 Å². The Balaban J connectivity index is 2.55. The minimum Gasteiger partial charge on any atom is -0.0596 e. The Morgan fingerprint density at radius 1 is 1.25 bits per heavy atom. The third kappa shape index (κ3) is 1.95. The van der Waals surface area contributed by atoms with Gasteiger partial charge in [-0.05, 0) is 46.4 Å². The third-order valence-corrected chi connectivity index (χ3v) is 4.20. The third-order valence-electron chi connectivity index (χ3n) is 3.71. The first-order chi connectivity index (χ1) is 7.22. The molecule has 16 heavy (non-hydrogen) atoms. The van der Waals surface area contributed by atoms with Crippen molar-refractivity contribution in [3.8, 4) is 0 Å². The Hall–Kier alpha value is -0.300. The first kappa shape index (κ1) is 12.2. The normalized spacial score (nSPS) is 23.2. The topological polar surface area (TPSA) is 0 Å². The summed E-state index contributed by atoms with van der Waals surface area (Å²) in [6.07, 6.45) is 1.20. The highest BCUT2D eigenvalue weighted by molar-refractivity contribution is 9.10. The number of benzene rings is 1. The van der Waals surface area contributed by atoms with Gasteiger partial charge in [-0.15, -0.1) is 0 Å². The lowest BCUT2D eigenvalue weighted by atomic mass is 9.66. The van der Waals surface area contributed by atoms with Crippen LogP contribution in [0, 0.1) is 10.8 Å². The van der Waals surface area contributed by atoms with Crippen LogP contribution in [0.15, 0.2) is 22.7 Å². The summed E-state index contributed by atoms with van der Waals surface area (Å²) in [5, 5.41) is 0. The molecule has 0 aliphatic heterocycles.